The third kappa shape index (κ3) is 8.29. The maximum atomic E-state index is 13.4. The minimum Gasteiger partial charge on any atom is -0.497 e. The number of aryl methyl sites for hydroxylation is 1. The van der Waals surface area contributed by atoms with Crippen molar-refractivity contribution in [2.45, 2.75) is 38.5 Å². The van der Waals surface area contributed by atoms with E-state index in [4.69, 9.17) is 31.5 Å². The van der Waals surface area contributed by atoms with E-state index >= 15 is 0 Å². The van der Waals surface area contributed by atoms with Gasteiger partial charge in [0.25, 0.3) is 0 Å². The van der Waals surface area contributed by atoms with Gasteiger partial charge in [-0.25, -0.2) is 4.79 Å². The topological polar surface area (TPSA) is 74.0 Å². The average molecular weight is 503 g/mol. The largest absolute Gasteiger partial charge is 0.508 e. The molecule has 0 saturated heterocycles. The highest BCUT2D eigenvalue weighted by Gasteiger charge is 2.35. The number of nitrogen functional groups attached to an aromatic ring is 1. The van der Waals surface area contributed by atoms with Gasteiger partial charge in [0, 0.05) is 6.54 Å². The second-order valence-corrected chi connectivity index (χ2v) is 8.23. The lowest BCUT2D eigenvalue weighted by molar-refractivity contribution is -0.137. The predicted molar refractivity (Wildman–Crippen MR) is 125 cm³/mol. The highest BCUT2D eigenvalue weighted by molar-refractivity contribution is 6.33. The first-order valence-electron chi connectivity index (χ1n) is 10.9. The molecule has 0 aromatic heterocycles. The monoisotopic (exact) mass is 502 g/mol. The van der Waals surface area contributed by atoms with Crippen LogP contribution in [0.15, 0.2) is 36.4 Å². The van der Waals surface area contributed by atoms with Gasteiger partial charge in [-0.3, -0.25) is 0 Å². The molecule has 0 spiro atoms. The molecule has 2 rings (SSSR count). The van der Waals surface area contributed by atoms with Crippen molar-refractivity contribution in [1.29, 1.82) is 0 Å². The number of ether oxygens (including phenoxy) is 3. The second-order valence-electron chi connectivity index (χ2n) is 7.82. The van der Waals surface area contributed by atoms with Crippen LogP contribution in [0.5, 0.6) is 5.75 Å². The maximum absolute atomic E-state index is 13.4. The number of nitrogens with two attached hydrogens (primary N) is 1. The number of hydrogen-bond acceptors (Lipinski definition) is 6. The molecule has 2 N–H and O–H groups in total. The van der Waals surface area contributed by atoms with Crippen LogP contribution in [0.25, 0.3) is 0 Å². The number of carbonyl (C=O) groups is 1. The second kappa shape index (κ2) is 12.7. The lowest BCUT2D eigenvalue weighted by atomic mass is 10.0. The van der Waals surface area contributed by atoms with Gasteiger partial charge in [-0.1, -0.05) is 23.7 Å². The molecule has 0 amide bonds. The van der Waals surface area contributed by atoms with Gasteiger partial charge in [-0.05, 0) is 75.2 Å². The summed E-state index contributed by atoms with van der Waals surface area (Å²) in [6.45, 7) is 2.47. The number of rotatable bonds is 11. The zero-order valence-corrected chi connectivity index (χ0v) is 20.2. The quantitative estimate of drug-likeness (QED) is 0.227. The van der Waals surface area contributed by atoms with Gasteiger partial charge in [-0.2, -0.15) is 13.2 Å². The SMILES string of the molecule is CCOC(=O)OC(CN(C)CCCCc1ccc(OC)cc1)c1cc(Cl)c(N)c(C(F)(F)F)c1. The Bertz CT molecular complexity index is 939. The summed E-state index contributed by atoms with van der Waals surface area (Å²) < 4.78 is 55.6. The average Bonchev–Trinajstić information content (AvgIpc) is 2.77. The molecule has 1 unspecified atom stereocenters. The lowest BCUT2D eigenvalue weighted by Crippen LogP contribution is -2.29. The summed E-state index contributed by atoms with van der Waals surface area (Å²) in [7, 11) is 3.42. The van der Waals surface area contributed by atoms with E-state index in [2.05, 4.69) is 0 Å². The molecule has 0 aliphatic rings. The summed E-state index contributed by atoms with van der Waals surface area (Å²) >= 11 is 5.96. The number of likely N-dealkylation sites (N-methyl/N-ethyl adjacent to an activating group) is 1. The van der Waals surface area contributed by atoms with Crippen molar-refractivity contribution >= 4 is 23.4 Å². The van der Waals surface area contributed by atoms with Gasteiger partial charge in [-0.15, -0.1) is 0 Å². The Kier molecular flexibility index (Phi) is 10.3. The Hall–Kier alpha value is -2.65. The Morgan fingerprint density at radius 2 is 1.85 bits per heavy atom. The minimum absolute atomic E-state index is 0.0725. The van der Waals surface area contributed by atoms with Crippen molar-refractivity contribution in [3.63, 3.8) is 0 Å². The molecule has 0 aliphatic heterocycles. The van der Waals surface area contributed by atoms with E-state index in [1.165, 1.54) is 11.6 Å². The molecule has 0 radical (unpaired) electrons. The predicted octanol–water partition coefficient (Wildman–Crippen LogP) is 6.12. The fraction of sp³-hybridized carbons (Fsp3) is 0.458. The summed E-state index contributed by atoms with van der Waals surface area (Å²) in [5, 5.41) is -0.260. The summed E-state index contributed by atoms with van der Waals surface area (Å²) in [5.74, 6) is 0.799. The molecule has 2 aromatic carbocycles. The van der Waals surface area contributed by atoms with Gasteiger partial charge >= 0.3 is 12.3 Å². The molecular formula is C24H30ClF3N2O4. The Labute approximate surface area is 202 Å². The van der Waals surface area contributed by atoms with Crippen molar-refractivity contribution in [3.05, 3.63) is 58.1 Å². The summed E-state index contributed by atoms with van der Waals surface area (Å²) in [4.78, 5) is 13.8. The van der Waals surface area contributed by atoms with Crippen molar-refractivity contribution in [2.24, 2.45) is 0 Å². The van der Waals surface area contributed by atoms with Crippen molar-refractivity contribution in [1.82, 2.24) is 4.90 Å². The van der Waals surface area contributed by atoms with Crippen LogP contribution in [0, 0.1) is 0 Å². The number of carbonyl (C=O) groups excluding carboxylic acids is 1. The van der Waals surface area contributed by atoms with Crippen molar-refractivity contribution < 1.29 is 32.2 Å². The van der Waals surface area contributed by atoms with Crippen LogP contribution in [0.2, 0.25) is 5.02 Å². The van der Waals surface area contributed by atoms with Gasteiger partial charge in [0.15, 0.2) is 0 Å². The van der Waals surface area contributed by atoms with Gasteiger partial charge in [0.2, 0.25) is 0 Å². The van der Waals surface area contributed by atoms with Crippen LogP contribution < -0.4 is 10.5 Å². The standard InChI is InChI=1S/C24H30ClF3N2O4/c1-4-33-23(31)34-21(17-13-19(24(26,27)28)22(29)20(25)14-17)15-30(2)12-6-5-7-16-8-10-18(32-3)11-9-16/h8-11,13-14,21H,4-7,12,15,29H2,1-3H3. The van der Waals surface area contributed by atoms with Gasteiger partial charge in [0.1, 0.15) is 11.9 Å². The smallest absolute Gasteiger partial charge is 0.497 e. The molecule has 2 aromatic rings. The third-order valence-corrected chi connectivity index (χ3v) is 5.53. The fourth-order valence-corrected chi connectivity index (χ4v) is 3.64. The van der Waals surface area contributed by atoms with Crippen LogP contribution in [0.3, 0.4) is 0 Å². The minimum atomic E-state index is -4.70. The van der Waals surface area contributed by atoms with E-state index in [1.807, 2.05) is 29.2 Å². The zero-order chi connectivity index (χ0) is 25.3. The number of unbranched alkanes of at least 4 members (excludes halogenated alkanes) is 1. The molecule has 0 fully saturated rings. The summed E-state index contributed by atoms with van der Waals surface area (Å²) in [6.07, 6.45) is -4.07. The van der Waals surface area contributed by atoms with E-state index in [0.29, 0.717) is 6.54 Å². The molecule has 0 aliphatic carbocycles. The number of nitrogens with zero attached hydrogens (tertiary/aromatic N) is 1. The van der Waals surface area contributed by atoms with E-state index in [0.717, 1.165) is 31.1 Å². The number of halogens is 4. The van der Waals surface area contributed by atoms with Crippen molar-refractivity contribution in [2.75, 3.05) is 39.6 Å². The highest BCUT2D eigenvalue weighted by Crippen LogP contribution is 2.39. The molecule has 10 heteroatoms. The number of hydrogen-bond donors (Lipinski definition) is 1. The number of anilines is 1. The molecule has 188 valence electrons. The van der Waals surface area contributed by atoms with Crippen LogP contribution >= 0.6 is 11.6 Å². The van der Waals surface area contributed by atoms with Crippen molar-refractivity contribution in [3.8, 4) is 5.75 Å². The Morgan fingerprint density at radius 3 is 2.44 bits per heavy atom. The molecule has 0 heterocycles. The van der Waals surface area contributed by atoms with Crippen LogP contribution in [-0.2, 0) is 22.1 Å². The van der Waals surface area contributed by atoms with Crippen LogP contribution in [0.1, 0.15) is 42.6 Å². The highest BCUT2D eigenvalue weighted by atomic mass is 35.5. The molecule has 0 bridgehead atoms. The molecule has 6 nitrogen and oxygen atoms in total. The van der Waals surface area contributed by atoms with E-state index in [1.54, 1.807) is 21.1 Å². The van der Waals surface area contributed by atoms with E-state index in [9.17, 15) is 18.0 Å². The molecule has 0 saturated carbocycles. The first-order chi connectivity index (χ1) is 16.0. The summed E-state index contributed by atoms with van der Waals surface area (Å²) in [6, 6.07) is 9.98. The van der Waals surface area contributed by atoms with Gasteiger partial charge < -0.3 is 24.8 Å². The first-order valence-corrected chi connectivity index (χ1v) is 11.2. The molecular weight excluding hydrogens is 473 g/mol. The lowest BCUT2D eigenvalue weighted by Gasteiger charge is -2.25. The Balaban J connectivity index is 2.06. The van der Waals surface area contributed by atoms with Crippen LogP contribution in [0.4, 0.5) is 23.7 Å². The molecule has 34 heavy (non-hydrogen) atoms. The number of methoxy groups -OCH3 is 1. The summed E-state index contributed by atoms with van der Waals surface area (Å²) in [5.41, 5.74) is 5.16. The fourth-order valence-electron chi connectivity index (χ4n) is 3.42. The third-order valence-electron chi connectivity index (χ3n) is 5.22. The first kappa shape index (κ1) is 27.6. The zero-order valence-electron chi connectivity index (χ0n) is 19.5. The van der Waals surface area contributed by atoms with Crippen LogP contribution in [-0.4, -0.2) is 44.9 Å². The Morgan fingerprint density at radius 1 is 1.18 bits per heavy atom. The maximum Gasteiger partial charge on any atom is 0.508 e. The van der Waals surface area contributed by atoms with E-state index in [-0.39, 0.29) is 23.7 Å². The normalized spacial score (nSPS) is 12.5. The molecule has 1 atom stereocenters. The van der Waals surface area contributed by atoms with Gasteiger partial charge in [0.05, 0.1) is 30.0 Å². The number of alkyl halides is 3. The number of benzene rings is 2. The van der Waals surface area contributed by atoms with E-state index < -0.39 is 29.7 Å².